The molecule has 0 saturated heterocycles. The minimum Gasteiger partial charge on any atom is -0.462 e. The average Bonchev–Trinajstić information content (AvgIpc) is 3.44. The molecule has 12 nitrogen and oxygen atoms in total. The fourth-order valence-corrected chi connectivity index (χ4v) is 7.88. The molecule has 1 aliphatic carbocycles. The molecular weight excluding hydrogens is 773 g/mol. The highest BCUT2D eigenvalue weighted by atomic mass is 31.2. The molecule has 1 aliphatic rings. The molecule has 0 amide bonds. The molecule has 344 valence electrons. The van der Waals surface area contributed by atoms with Gasteiger partial charge in [0.15, 0.2) is 6.10 Å². The number of Topliss-reactive ketones (excluding diaryl/α,β-unsaturated/α-hetero) is 1. The average molecular weight is 859 g/mol. The molecule has 1 saturated carbocycles. The van der Waals surface area contributed by atoms with Gasteiger partial charge in [0.2, 0.25) is 0 Å². The third kappa shape index (κ3) is 30.7. The van der Waals surface area contributed by atoms with Crippen molar-refractivity contribution in [3.8, 4) is 0 Å². The molecule has 0 radical (unpaired) electrons. The Morgan fingerprint density at radius 2 is 1.34 bits per heavy atom. The van der Waals surface area contributed by atoms with Crippen molar-refractivity contribution in [3.05, 3.63) is 24.3 Å². The van der Waals surface area contributed by atoms with Crippen molar-refractivity contribution in [2.45, 2.75) is 193 Å². The van der Waals surface area contributed by atoms with Gasteiger partial charge in [0.25, 0.3) is 0 Å². The number of phosphoric acid groups is 1. The lowest BCUT2D eigenvalue weighted by Gasteiger charge is -2.24. The molecule has 1 fully saturated rings. The molecule has 13 heteroatoms. The fourth-order valence-electron chi connectivity index (χ4n) is 7.14. The Balaban J connectivity index is 2.45. The molecule has 0 aromatic heterocycles. The SMILES string of the molecule is CCCCCC/C=C\CCCCCCCCCC(=O)O[C@H](COC(=O)CCCCCC[C@H]1C(=O)C[C@@H](O)[C@@H]1/C=C/[C@@H](O)CCCCC)COP(=O)(O)OCC[N+](C)(C)C. The van der Waals surface area contributed by atoms with Gasteiger partial charge in [-0.1, -0.05) is 128 Å². The van der Waals surface area contributed by atoms with E-state index in [9.17, 15) is 34.1 Å². The molecule has 1 unspecified atom stereocenters. The maximum absolute atomic E-state index is 12.7. The maximum Gasteiger partial charge on any atom is 0.472 e. The van der Waals surface area contributed by atoms with Gasteiger partial charge in [0, 0.05) is 31.1 Å². The van der Waals surface area contributed by atoms with Gasteiger partial charge in [-0.3, -0.25) is 23.4 Å². The van der Waals surface area contributed by atoms with Crippen LogP contribution in [0.25, 0.3) is 0 Å². The van der Waals surface area contributed by atoms with E-state index in [-0.39, 0.29) is 50.1 Å². The number of carbonyl (C=O) groups is 3. The van der Waals surface area contributed by atoms with Gasteiger partial charge in [-0.2, -0.15) is 0 Å². The quantitative estimate of drug-likeness (QED) is 0.0178. The van der Waals surface area contributed by atoms with Gasteiger partial charge in [-0.05, 0) is 51.4 Å². The summed E-state index contributed by atoms with van der Waals surface area (Å²) < 4.78 is 34.3. The van der Waals surface area contributed by atoms with E-state index >= 15 is 0 Å². The number of aliphatic hydroxyl groups is 2. The number of likely N-dealkylation sites (N-methyl/N-ethyl adjacent to an activating group) is 1. The van der Waals surface area contributed by atoms with Crippen LogP contribution in [0.15, 0.2) is 24.3 Å². The van der Waals surface area contributed by atoms with Crippen LogP contribution in [0, 0.1) is 11.8 Å². The molecule has 0 aromatic carbocycles. The zero-order chi connectivity index (χ0) is 43.8. The van der Waals surface area contributed by atoms with E-state index in [0.29, 0.717) is 36.7 Å². The summed E-state index contributed by atoms with van der Waals surface area (Å²) in [5, 5.41) is 20.7. The number of rotatable bonds is 38. The Bertz CT molecular complexity index is 1220. The number of unbranched alkanes of at least 4 members (excludes halogenated alkanes) is 16. The van der Waals surface area contributed by atoms with E-state index in [1.807, 2.05) is 27.2 Å². The number of ether oxygens (including phenoxy) is 2. The molecule has 0 heterocycles. The summed E-state index contributed by atoms with van der Waals surface area (Å²) in [6, 6.07) is 0. The number of aliphatic hydroxyl groups excluding tert-OH is 2. The first-order valence-electron chi connectivity index (χ1n) is 23.2. The van der Waals surface area contributed by atoms with Crippen molar-refractivity contribution in [2.75, 3.05) is 47.5 Å². The van der Waals surface area contributed by atoms with Crippen molar-refractivity contribution < 1.29 is 57.1 Å². The fraction of sp³-hybridized carbons (Fsp3) is 0.848. The summed E-state index contributed by atoms with van der Waals surface area (Å²) >= 11 is 0. The number of quaternary nitrogens is 1. The summed E-state index contributed by atoms with van der Waals surface area (Å²) in [7, 11) is 1.34. The summed E-state index contributed by atoms with van der Waals surface area (Å²) in [5.74, 6) is -1.47. The molecule has 0 spiro atoms. The van der Waals surface area contributed by atoms with Crippen LogP contribution in [0.1, 0.15) is 174 Å². The predicted octanol–water partition coefficient (Wildman–Crippen LogP) is 9.72. The number of nitrogens with zero attached hydrogens (tertiary/aromatic N) is 1. The topological polar surface area (TPSA) is 166 Å². The lowest BCUT2D eigenvalue weighted by atomic mass is 9.88. The van der Waals surface area contributed by atoms with E-state index < -0.39 is 44.7 Å². The van der Waals surface area contributed by atoms with Crippen molar-refractivity contribution >= 4 is 25.5 Å². The summed E-state index contributed by atoms with van der Waals surface area (Å²) in [5.41, 5.74) is 0. The van der Waals surface area contributed by atoms with Crippen LogP contribution in [0.2, 0.25) is 0 Å². The van der Waals surface area contributed by atoms with Crippen LogP contribution < -0.4 is 0 Å². The third-order valence-electron chi connectivity index (χ3n) is 10.8. The Kier molecular flexibility index (Phi) is 31.4. The van der Waals surface area contributed by atoms with E-state index in [2.05, 4.69) is 26.0 Å². The summed E-state index contributed by atoms with van der Waals surface area (Å²) in [6.45, 7) is 4.03. The standard InChI is InChI=1S/C46H84NO11P/c1-6-8-10-11-12-13-14-15-16-17-18-19-20-21-27-31-46(52)58-40(38-57-59(53,54)56-35-34-47(3,4)5)37-55-45(51)30-26-23-22-25-29-41-42(44(50)36-43(41)49)33-32-39(48)28-24-9-7-2/h13-14,32-33,39-42,44,48,50H,6-12,15-31,34-38H2,1-5H3/p+1/b14-13-,33-32+/t39-,40+,41+,42+,44+/m0/s1. The number of ketones is 1. The van der Waals surface area contributed by atoms with Crippen LogP contribution in [0.4, 0.5) is 0 Å². The highest BCUT2D eigenvalue weighted by molar-refractivity contribution is 7.47. The molecule has 6 atom stereocenters. The molecule has 1 rings (SSSR count). The number of carbonyl (C=O) groups excluding carboxylic acids is 3. The highest BCUT2D eigenvalue weighted by Crippen LogP contribution is 2.43. The second-order valence-corrected chi connectivity index (χ2v) is 19.0. The van der Waals surface area contributed by atoms with Crippen LogP contribution in [0.3, 0.4) is 0 Å². The smallest absolute Gasteiger partial charge is 0.462 e. The van der Waals surface area contributed by atoms with Crippen LogP contribution in [-0.4, -0.2) is 103 Å². The first kappa shape index (κ1) is 55.1. The van der Waals surface area contributed by atoms with Gasteiger partial charge < -0.3 is 29.1 Å². The van der Waals surface area contributed by atoms with Crippen LogP contribution in [-0.2, 0) is 37.5 Å². The number of hydrogen-bond donors (Lipinski definition) is 3. The lowest BCUT2D eigenvalue weighted by molar-refractivity contribution is -0.870. The molecule has 0 aromatic rings. The van der Waals surface area contributed by atoms with Crippen molar-refractivity contribution in [2.24, 2.45) is 11.8 Å². The molecule has 59 heavy (non-hydrogen) atoms. The highest BCUT2D eigenvalue weighted by Gasteiger charge is 2.39. The van der Waals surface area contributed by atoms with Gasteiger partial charge >= 0.3 is 19.8 Å². The second kappa shape index (κ2) is 33.7. The first-order valence-corrected chi connectivity index (χ1v) is 24.7. The lowest BCUT2D eigenvalue weighted by Crippen LogP contribution is -2.37. The largest absolute Gasteiger partial charge is 0.472 e. The van der Waals surface area contributed by atoms with Crippen molar-refractivity contribution in [1.29, 1.82) is 0 Å². The second-order valence-electron chi connectivity index (χ2n) is 17.6. The van der Waals surface area contributed by atoms with Crippen LogP contribution >= 0.6 is 7.82 Å². The molecule has 0 bridgehead atoms. The summed E-state index contributed by atoms with van der Waals surface area (Å²) in [4.78, 5) is 48.2. The van der Waals surface area contributed by atoms with E-state index in [1.54, 1.807) is 6.08 Å². The Hall–Kier alpha value is -1.92. The van der Waals surface area contributed by atoms with Crippen molar-refractivity contribution in [1.82, 2.24) is 0 Å². The van der Waals surface area contributed by atoms with Crippen LogP contribution in [0.5, 0.6) is 0 Å². The third-order valence-corrected chi connectivity index (χ3v) is 11.8. The molecular formula is C46H85NO11P+. The number of hydrogen-bond acceptors (Lipinski definition) is 10. The van der Waals surface area contributed by atoms with E-state index in [0.717, 1.165) is 64.2 Å². The summed E-state index contributed by atoms with van der Waals surface area (Å²) in [6.07, 6.45) is 28.3. The normalized spacial score (nSPS) is 19.4. The van der Waals surface area contributed by atoms with Gasteiger partial charge in [-0.25, -0.2) is 4.57 Å². The number of phosphoric ester groups is 1. The van der Waals surface area contributed by atoms with E-state index in [4.69, 9.17) is 18.5 Å². The zero-order valence-electron chi connectivity index (χ0n) is 37.7. The minimum atomic E-state index is -4.43. The Labute approximate surface area is 358 Å². The zero-order valence-corrected chi connectivity index (χ0v) is 38.6. The van der Waals surface area contributed by atoms with Crippen molar-refractivity contribution in [3.63, 3.8) is 0 Å². The number of esters is 2. The number of allylic oxidation sites excluding steroid dienone is 2. The molecule has 3 N–H and O–H groups in total. The molecule has 0 aliphatic heterocycles. The van der Waals surface area contributed by atoms with Gasteiger partial charge in [0.05, 0.1) is 40.0 Å². The van der Waals surface area contributed by atoms with Gasteiger partial charge in [0.1, 0.15) is 25.5 Å². The van der Waals surface area contributed by atoms with Gasteiger partial charge in [-0.15, -0.1) is 0 Å². The van der Waals surface area contributed by atoms with E-state index in [1.165, 1.54) is 51.4 Å². The maximum atomic E-state index is 12.7. The predicted molar refractivity (Wildman–Crippen MR) is 235 cm³/mol. The first-order chi connectivity index (χ1) is 28.2. The Morgan fingerprint density at radius 3 is 1.97 bits per heavy atom. The minimum absolute atomic E-state index is 0.00711. The monoisotopic (exact) mass is 859 g/mol. The Morgan fingerprint density at radius 1 is 0.780 bits per heavy atom.